The van der Waals surface area contributed by atoms with Crippen molar-refractivity contribution < 1.29 is 45.6 Å². The molecule has 0 aliphatic carbocycles. The Morgan fingerprint density at radius 1 is 1.04 bits per heavy atom. The average molecular weight is 768 g/mol. The van der Waals surface area contributed by atoms with Gasteiger partial charge in [0.15, 0.2) is 5.60 Å². The smallest absolute Gasteiger partial charge is 0.443 e. The summed E-state index contributed by atoms with van der Waals surface area (Å²) < 4.78 is 85.4. The van der Waals surface area contributed by atoms with Gasteiger partial charge in [-0.2, -0.15) is 18.4 Å². The predicted octanol–water partition coefficient (Wildman–Crippen LogP) is 6.80. The van der Waals surface area contributed by atoms with Crippen LogP contribution in [0.1, 0.15) is 59.5 Å². The van der Waals surface area contributed by atoms with Crippen molar-refractivity contribution in [3.63, 3.8) is 0 Å². The van der Waals surface area contributed by atoms with Gasteiger partial charge in [0, 0.05) is 27.7 Å². The lowest BCUT2D eigenvalue weighted by Gasteiger charge is -2.36. The molecule has 282 valence electrons. The normalized spacial score (nSPS) is 13.9. The molecule has 0 fully saturated rings. The Balaban J connectivity index is 1.53. The molecule has 0 unspecified atom stereocenters. The van der Waals surface area contributed by atoms with Crippen molar-refractivity contribution in [3.05, 3.63) is 117 Å². The van der Waals surface area contributed by atoms with Crippen LogP contribution in [0, 0.1) is 42.7 Å². The van der Waals surface area contributed by atoms with Gasteiger partial charge in [-0.25, -0.2) is 27.9 Å². The van der Waals surface area contributed by atoms with Gasteiger partial charge >= 0.3 is 18.1 Å². The van der Waals surface area contributed by atoms with Crippen molar-refractivity contribution in [3.8, 4) is 23.1 Å². The van der Waals surface area contributed by atoms with Crippen molar-refractivity contribution in [2.24, 2.45) is 11.7 Å². The Morgan fingerprint density at radius 3 is 2.30 bits per heavy atom. The molecule has 0 saturated carbocycles. The molecule has 3 atom stereocenters. The summed E-state index contributed by atoms with van der Waals surface area (Å²) >= 11 is 1.04. The topological polar surface area (TPSA) is 137 Å². The van der Waals surface area contributed by atoms with Gasteiger partial charge in [-0.05, 0) is 72.9 Å². The van der Waals surface area contributed by atoms with Crippen molar-refractivity contribution in [2.45, 2.75) is 71.4 Å². The van der Waals surface area contributed by atoms with Crippen LogP contribution in [0.15, 0.2) is 72.6 Å². The maximum Gasteiger partial charge on any atom is 0.490 e. The Morgan fingerprint density at radius 2 is 1.70 bits per heavy atom. The second-order valence-corrected chi connectivity index (χ2v) is 14.1. The quantitative estimate of drug-likeness (QED) is 0.0634. The fourth-order valence-corrected chi connectivity index (χ4v) is 6.90. The standard InChI is InChI=1S/C38H36F5N6O4S/c1-21(2)32(45)35(50)52-33-22(3)12-26(13-23(33)4)16-48-19-46-49(20-48)18-37(53-36(51)38(41,42)43,29-11-10-28(39)14-30(29)40)24(5)34-47-31(17-54-34)27-8-6-25(15-44)7-9-27/h6-14,17,19-21,24,32H,16,18,45H2,1-5H3/q+1/t24-,32-,37+/m0/s1. The second kappa shape index (κ2) is 15.8. The third-order valence-electron chi connectivity index (χ3n) is 8.90. The van der Waals surface area contributed by atoms with Crippen LogP contribution < -0.4 is 15.0 Å². The van der Waals surface area contributed by atoms with Crippen LogP contribution in [0.4, 0.5) is 22.0 Å². The second-order valence-electron chi connectivity index (χ2n) is 13.2. The van der Waals surface area contributed by atoms with Crippen LogP contribution in [0.25, 0.3) is 11.3 Å². The molecule has 54 heavy (non-hydrogen) atoms. The predicted molar refractivity (Wildman–Crippen MR) is 187 cm³/mol. The number of nitrogens with zero attached hydrogens (tertiary/aromatic N) is 5. The molecule has 0 aliphatic rings. The van der Waals surface area contributed by atoms with Crippen molar-refractivity contribution in [2.75, 3.05) is 0 Å². The average Bonchev–Trinajstić information content (AvgIpc) is 3.78. The van der Waals surface area contributed by atoms with E-state index >= 15 is 4.39 Å². The number of hydrogen-bond acceptors (Lipinski definition) is 9. The maximum atomic E-state index is 15.7. The minimum atomic E-state index is -5.47. The van der Waals surface area contributed by atoms with Gasteiger partial charge in [0.25, 0.3) is 6.33 Å². The van der Waals surface area contributed by atoms with E-state index in [0.29, 0.717) is 39.8 Å². The van der Waals surface area contributed by atoms with E-state index < -0.39 is 59.4 Å². The molecule has 0 aliphatic heterocycles. The van der Waals surface area contributed by atoms with Crippen LogP contribution >= 0.6 is 11.3 Å². The molecule has 0 radical (unpaired) electrons. The fraction of sp³-hybridized carbons (Fsp3) is 0.316. The Hall–Kier alpha value is -5.53. The first kappa shape index (κ1) is 39.7. The molecule has 16 heteroatoms. The number of nitriles is 1. The number of aryl methyl sites for hydroxylation is 2. The zero-order valence-electron chi connectivity index (χ0n) is 29.8. The van der Waals surface area contributed by atoms with Gasteiger partial charge in [-0.1, -0.05) is 32.9 Å². The summed E-state index contributed by atoms with van der Waals surface area (Å²) in [6, 6.07) is 13.5. The van der Waals surface area contributed by atoms with Crippen molar-refractivity contribution in [1.29, 1.82) is 5.26 Å². The van der Waals surface area contributed by atoms with E-state index in [1.165, 1.54) is 24.3 Å². The summed E-state index contributed by atoms with van der Waals surface area (Å²) in [5.41, 5.74) is 6.45. The molecule has 10 nitrogen and oxygen atoms in total. The Kier molecular flexibility index (Phi) is 11.6. The van der Waals surface area contributed by atoms with E-state index in [4.69, 9.17) is 20.5 Å². The highest BCUT2D eigenvalue weighted by atomic mass is 32.1. The molecule has 5 aromatic rings. The fourth-order valence-electron chi connectivity index (χ4n) is 5.93. The number of halogens is 5. The molecular weight excluding hydrogens is 732 g/mol. The van der Waals surface area contributed by atoms with Crippen molar-refractivity contribution >= 4 is 23.3 Å². The van der Waals surface area contributed by atoms with E-state index in [1.807, 2.05) is 19.9 Å². The zero-order valence-corrected chi connectivity index (χ0v) is 30.6. The number of benzene rings is 3. The summed E-state index contributed by atoms with van der Waals surface area (Å²) in [7, 11) is 0. The number of esters is 2. The third kappa shape index (κ3) is 8.64. The summed E-state index contributed by atoms with van der Waals surface area (Å²) in [4.78, 5) is 29.8. The van der Waals surface area contributed by atoms with Crippen LogP contribution in [0.2, 0.25) is 0 Å². The zero-order chi connectivity index (χ0) is 39.5. The van der Waals surface area contributed by atoms with Crippen LogP contribution in [-0.4, -0.2) is 38.9 Å². The first-order chi connectivity index (χ1) is 25.4. The van der Waals surface area contributed by atoms with E-state index in [0.717, 1.165) is 29.0 Å². The van der Waals surface area contributed by atoms with Gasteiger partial charge in [-0.3, -0.25) is 0 Å². The Bertz CT molecular complexity index is 2190. The van der Waals surface area contributed by atoms with E-state index in [-0.39, 0.29) is 17.5 Å². The third-order valence-corrected chi connectivity index (χ3v) is 9.93. The minimum absolute atomic E-state index is 0.128. The SMILES string of the molecule is Cc1cc(C[n+]2cnn(C[C@](OC(=O)C(F)(F)F)(c3ccc(F)cc3F)[C@@H](C)c3nc(-c4ccc(C#N)cc4)cs3)c2)cc(C)c1OC(=O)[C@@H](N)C(C)C. The van der Waals surface area contributed by atoms with Gasteiger partial charge in [0.2, 0.25) is 6.33 Å². The van der Waals surface area contributed by atoms with Crippen LogP contribution in [-0.2, 0) is 33.0 Å². The van der Waals surface area contributed by atoms with Gasteiger partial charge in [0.05, 0.1) is 29.8 Å². The number of aromatic nitrogens is 4. The number of carbonyl (C=O) groups is 2. The molecule has 0 bridgehead atoms. The monoisotopic (exact) mass is 767 g/mol. The highest BCUT2D eigenvalue weighted by Gasteiger charge is 2.53. The number of ether oxygens (including phenoxy) is 2. The largest absolute Gasteiger partial charge is 0.490 e. The van der Waals surface area contributed by atoms with Crippen LogP contribution in [0.5, 0.6) is 5.75 Å². The number of alkyl halides is 3. The molecule has 0 saturated heterocycles. The van der Waals surface area contributed by atoms with E-state index in [2.05, 4.69) is 10.1 Å². The first-order valence-corrected chi connectivity index (χ1v) is 17.5. The van der Waals surface area contributed by atoms with Gasteiger partial charge < -0.3 is 15.2 Å². The molecule has 2 heterocycles. The molecule has 2 N–H and O–H groups in total. The molecular formula is C38H36F5N6O4S+. The lowest BCUT2D eigenvalue weighted by atomic mass is 9.81. The van der Waals surface area contributed by atoms with Crippen LogP contribution in [0.3, 0.4) is 0 Å². The van der Waals surface area contributed by atoms with E-state index in [9.17, 15) is 27.2 Å². The molecule has 0 spiro atoms. The number of nitrogens with two attached hydrogens (primary N) is 1. The van der Waals surface area contributed by atoms with Gasteiger partial charge in [-0.15, -0.1) is 16.0 Å². The lowest BCUT2D eigenvalue weighted by molar-refractivity contribution is -0.689. The number of hydrogen-bond donors (Lipinski definition) is 1. The van der Waals surface area contributed by atoms with Gasteiger partial charge in [0.1, 0.15) is 35.0 Å². The lowest BCUT2D eigenvalue weighted by Crippen LogP contribution is -2.45. The Labute approximate surface area is 311 Å². The summed E-state index contributed by atoms with van der Waals surface area (Å²) in [6.07, 6.45) is -2.65. The summed E-state index contributed by atoms with van der Waals surface area (Å²) in [5, 5.41) is 15.3. The first-order valence-electron chi connectivity index (χ1n) is 16.6. The number of carbonyl (C=O) groups excluding carboxylic acids is 2. The maximum absolute atomic E-state index is 15.7. The molecule has 5 rings (SSSR count). The highest BCUT2D eigenvalue weighted by Crippen LogP contribution is 2.45. The number of rotatable bonds is 12. The highest BCUT2D eigenvalue weighted by molar-refractivity contribution is 7.10. The summed E-state index contributed by atoms with van der Waals surface area (Å²) in [6.45, 7) is 8.14. The molecule has 3 aromatic carbocycles. The minimum Gasteiger partial charge on any atom is -0.443 e. The molecule has 2 aromatic heterocycles. The molecule has 0 amide bonds. The summed E-state index contributed by atoms with van der Waals surface area (Å²) in [5.74, 6) is -6.41. The number of thiazole rings is 1. The van der Waals surface area contributed by atoms with E-state index in [1.54, 1.807) is 60.2 Å². The van der Waals surface area contributed by atoms with Crippen molar-refractivity contribution in [1.82, 2.24) is 14.8 Å².